The molecule has 0 saturated heterocycles. The minimum atomic E-state index is -0.350. The van der Waals surface area contributed by atoms with E-state index in [-0.39, 0.29) is 23.7 Å². The first-order chi connectivity index (χ1) is 14.0. The molecule has 4 heteroatoms. The van der Waals surface area contributed by atoms with E-state index >= 15 is 0 Å². The summed E-state index contributed by atoms with van der Waals surface area (Å²) in [5.41, 5.74) is 5.89. The molecule has 0 rings (SSSR count). The number of nitrogens with two attached hydrogens (primary N) is 1. The van der Waals surface area contributed by atoms with Gasteiger partial charge < -0.3 is 11.1 Å². The summed E-state index contributed by atoms with van der Waals surface area (Å²) in [7, 11) is 0. The molecule has 0 radical (unpaired) electrons. The Hall–Kier alpha value is -0.900. The predicted molar refractivity (Wildman–Crippen MR) is 125 cm³/mol. The Balaban J connectivity index is 3.31. The van der Waals surface area contributed by atoms with Crippen LogP contribution in [-0.2, 0) is 9.59 Å². The molecule has 0 heterocycles. The molecule has 1 amide bonds. The van der Waals surface area contributed by atoms with E-state index < -0.39 is 0 Å². The molecule has 3 N–H and O–H groups in total. The van der Waals surface area contributed by atoms with Gasteiger partial charge in [0.2, 0.25) is 5.91 Å². The topological polar surface area (TPSA) is 72.2 Å². The van der Waals surface area contributed by atoms with Crippen LogP contribution in [0.3, 0.4) is 0 Å². The zero-order valence-electron chi connectivity index (χ0n) is 19.8. The molecule has 0 aromatic heterocycles. The molecule has 0 aliphatic rings. The molecule has 4 nitrogen and oxygen atoms in total. The standard InChI is InChI=1S/C25H50N2O2/c1-4-5-6-7-8-9-10-11-12-13-14-15-16-20-24(28)27-21-18-17-19-23(26)25(29)22(2)3/h22-23H,4-21,26H2,1-3H3,(H,27,28). The number of carbonyl (C=O) groups is 2. The molecular formula is C25H50N2O2. The van der Waals surface area contributed by atoms with Crippen LogP contribution in [-0.4, -0.2) is 24.3 Å². The van der Waals surface area contributed by atoms with E-state index in [1.165, 1.54) is 70.6 Å². The summed E-state index contributed by atoms with van der Waals surface area (Å²) in [6.07, 6.45) is 20.4. The van der Waals surface area contributed by atoms with Crippen LogP contribution in [0, 0.1) is 5.92 Å². The Morgan fingerprint density at radius 3 is 1.69 bits per heavy atom. The molecule has 0 aliphatic heterocycles. The van der Waals surface area contributed by atoms with Gasteiger partial charge >= 0.3 is 0 Å². The third kappa shape index (κ3) is 18.8. The van der Waals surface area contributed by atoms with Crippen molar-refractivity contribution in [2.45, 2.75) is 136 Å². The Labute approximate surface area is 181 Å². The molecule has 0 aromatic rings. The number of hydrogen-bond donors (Lipinski definition) is 2. The summed E-state index contributed by atoms with van der Waals surface area (Å²) in [6, 6.07) is -0.350. The highest BCUT2D eigenvalue weighted by Crippen LogP contribution is 2.13. The first-order valence-corrected chi connectivity index (χ1v) is 12.5. The summed E-state index contributed by atoms with van der Waals surface area (Å²) >= 11 is 0. The van der Waals surface area contributed by atoms with E-state index in [1.54, 1.807) is 0 Å². The molecule has 0 bridgehead atoms. The van der Waals surface area contributed by atoms with Crippen LogP contribution in [0.25, 0.3) is 0 Å². The third-order valence-electron chi connectivity index (χ3n) is 5.71. The summed E-state index contributed by atoms with van der Waals surface area (Å²) < 4.78 is 0. The molecule has 1 atom stereocenters. The van der Waals surface area contributed by atoms with Crippen LogP contribution in [0.15, 0.2) is 0 Å². The first-order valence-electron chi connectivity index (χ1n) is 12.5. The molecule has 0 aliphatic carbocycles. The minimum Gasteiger partial charge on any atom is -0.356 e. The minimum absolute atomic E-state index is 0.00465. The van der Waals surface area contributed by atoms with E-state index in [2.05, 4.69) is 12.2 Å². The Bertz CT molecular complexity index is 396. The number of rotatable bonds is 21. The van der Waals surface area contributed by atoms with Gasteiger partial charge in [0.1, 0.15) is 0 Å². The van der Waals surface area contributed by atoms with Gasteiger partial charge in [-0.15, -0.1) is 0 Å². The van der Waals surface area contributed by atoms with Gasteiger partial charge in [0.25, 0.3) is 0 Å². The molecule has 0 saturated carbocycles. The fraction of sp³-hybridized carbons (Fsp3) is 0.920. The van der Waals surface area contributed by atoms with Gasteiger partial charge in [-0.1, -0.05) is 97.8 Å². The van der Waals surface area contributed by atoms with Crippen molar-refractivity contribution in [3.8, 4) is 0 Å². The van der Waals surface area contributed by atoms with Crippen molar-refractivity contribution in [2.75, 3.05) is 6.54 Å². The lowest BCUT2D eigenvalue weighted by Crippen LogP contribution is -2.33. The van der Waals surface area contributed by atoms with E-state index in [9.17, 15) is 9.59 Å². The highest BCUT2D eigenvalue weighted by Gasteiger charge is 2.16. The maximum atomic E-state index is 11.8. The Morgan fingerprint density at radius 1 is 0.724 bits per heavy atom. The van der Waals surface area contributed by atoms with Gasteiger partial charge in [0.05, 0.1) is 6.04 Å². The maximum absolute atomic E-state index is 11.8. The van der Waals surface area contributed by atoms with Gasteiger partial charge in [0, 0.05) is 18.9 Å². The zero-order chi connectivity index (χ0) is 21.7. The third-order valence-corrected chi connectivity index (χ3v) is 5.71. The van der Waals surface area contributed by atoms with Crippen molar-refractivity contribution in [2.24, 2.45) is 11.7 Å². The monoisotopic (exact) mass is 410 g/mol. The van der Waals surface area contributed by atoms with Crippen LogP contribution in [0.1, 0.15) is 130 Å². The van der Waals surface area contributed by atoms with E-state index in [4.69, 9.17) is 5.73 Å². The number of nitrogens with one attached hydrogen (secondary N) is 1. The van der Waals surface area contributed by atoms with E-state index in [0.29, 0.717) is 19.4 Å². The van der Waals surface area contributed by atoms with Gasteiger partial charge in [-0.25, -0.2) is 0 Å². The second-order valence-corrected chi connectivity index (χ2v) is 9.00. The SMILES string of the molecule is CCCCCCCCCCCCCCCC(=O)NCCCCC(N)C(=O)C(C)C. The summed E-state index contributed by atoms with van der Waals surface area (Å²) in [5.74, 6) is 0.303. The normalized spacial score (nSPS) is 12.3. The van der Waals surface area contributed by atoms with E-state index in [0.717, 1.165) is 25.7 Å². The Morgan fingerprint density at radius 2 is 1.21 bits per heavy atom. The van der Waals surface area contributed by atoms with Crippen molar-refractivity contribution in [3.05, 3.63) is 0 Å². The molecule has 0 fully saturated rings. The smallest absolute Gasteiger partial charge is 0.219 e. The number of ketones is 1. The van der Waals surface area contributed by atoms with E-state index in [1.807, 2.05) is 13.8 Å². The molecule has 1 unspecified atom stereocenters. The molecular weight excluding hydrogens is 360 g/mol. The highest BCUT2D eigenvalue weighted by molar-refractivity contribution is 5.85. The number of unbranched alkanes of at least 4 members (excludes halogenated alkanes) is 13. The second-order valence-electron chi connectivity index (χ2n) is 9.00. The molecule has 29 heavy (non-hydrogen) atoms. The van der Waals surface area contributed by atoms with Crippen molar-refractivity contribution in [3.63, 3.8) is 0 Å². The van der Waals surface area contributed by atoms with Gasteiger partial charge in [-0.2, -0.15) is 0 Å². The van der Waals surface area contributed by atoms with Crippen LogP contribution in [0.4, 0.5) is 0 Å². The fourth-order valence-electron chi connectivity index (χ4n) is 3.68. The lowest BCUT2D eigenvalue weighted by atomic mass is 9.98. The van der Waals surface area contributed by atoms with Crippen molar-refractivity contribution in [1.29, 1.82) is 0 Å². The fourth-order valence-corrected chi connectivity index (χ4v) is 3.68. The number of hydrogen-bond acceptors (Lipinski definition) is 3. The lowest BCUT2D eigenvalue weighted by molar-refractivity contribution is -0.123. The summed E-state index contributed by atoms with van der Waals surface area (Å²) in [6.45, 7) is 6.74. The maximum Gasteiger partial charge on any atom is 0.219 e. The van der Waals surface area contributed by atoms with Crippen molar-refractivity contribution < 1.29 is 9.59 Å². The van der Waals surface area contributed by atoms with Crippen LogP contribution in [0.5, 0.6) is 0 Å². The largest absolute Gasteiger partial charge is 0.356 e. The average Bonchev–Trinajstić information content (AvgIpc) is 2.70. The second kappa shape index (κ2) is 20.4. The summed E-state index contributed by atoms with van der Waals surface area (Å²) in [5, 5.41) is 2.99. The molecule has 172 valence electrons. The first kappa shape index (κ1) is 28.1. The number of Topliss-reactive ketones (excluding diaryl/α,β-unsaturated/α-hetero) is 1. The van der Waals surface area contributed by atoms with Crippen LogP contribution < -0.4 is 11.1 Å². The zero-order valence-corrected chi connectivity index (χ0v) is 19.8. The van der Waals surface area contributed by atoms with Crippen LogP contribution >= 0.6 is 0 Å². The van der Waals surface area contributed by atoms with Crippen LogP contribution in [0.2, 0.25) is 0 Å². The highest BCUT2D eigenvalue weighted by atomic mass is 16.1. The molecule has 0 aromatic carbocycles. The number of carbonyl (C=O) groups excluding carboxylic acids is 2. The number of amides is 1. The Kier molecular flexibility index (Phi) is 19.7. The quantitative estimate of drug-likeness (QED) is 0.218. The molecule has 0 spiro atoms. The van der Waals surface area contributed by atoms with Gasteiger partial charge in [-0.3, -0.25) is 9.59 Å². The summed E-state index contributed by atoms with van der Waals surface area (Å²) in [4.78, 5) is 23.6. The van der Waals surface area contributed by atoms with Gasteiger partial charge in [0.15, 0.2) is 5.78 Å². The van der Waals surface area contributed by atoms with Gasteiger partial charge in [-0.05, 0) is 25.7 Å². The predicted octanol–water partition coefficient (Wildman–Crippen LogP) is 6.31. The average molecular weight is 411 g/mol. The lowest BCUT2D eigenvalue weighted by Gasteiger charge is -2.12. The van der Waals surface area contributed by atoms with Crippen molar-refractivity contribution in [1.82, 2.24) is 5.32 Å². The van der Waals surface area contributed by atoms with Crippen molar-refractivity contribution >= 4 is 11.7 Å².